The molecule has 0 saturated heterocycles. The molecule has 2 rings (SSSR count). The first kappa shape index (κ1) is 17.9. The number of pyridine rings is 1. The predicted molar refractivity (Wildman–Crippen MR) is 95.7 cm³/mol. The Kier molecular flexibility index (Phi) is 5.93. The van der Waals surface area contributed by atoms with Gasteiger partial charge in [-0.1, -0.05) is 24.6 Å². The van der Waals surface area contributed by atoms with Crippen molar-refractivity contribution in [3.8, 4) is 0 Å². The van der Waals surface area contributed by atoms with Gasteiger partial charge in [0.1, 0.15) is 0 Å². The highest BCUT2D eigenvalue weighted by atomic mass is 35.5. The second-order valence-corrected chi connectivity index (χ2v) is 6.02. The summed E-state index contributed by atoms with van der Waals surface area (Å²) in [6, 6.07) is 5.25. The van der Waals surface area contributed by atoms with Crippen LogP contribution in [0, 0.1) is 13.8 Å². The number of aromatic nitrogens is 1. The van der Waals surface area contributed by atoms with E-state index in [0.29, 0.717) is 28.4 Å². The summed E-state index contributed by atoms with van der Waals surface area (Å²) in [5.41, 5.74) is 3.11. The van der Waals surface area contributed by atoms with Gasteiger partial charge >= 0.3 is 0 Å². The van der Waals surface area contributed by atoms with Crippen LogP contribution in [0.1, 0.15) is 45.2 Å². The number of hydrogen-bond acceptors (Lipinski definition) is 3. The van der Waals surface area contributed by atoms with Gasteiger partial charge in [-0.2, -0.15) is 0 Å². The Morgan fingerprint density at radius 3 is 2.38 bits per heavy atom. The molecule has 24 heavy (non-hydrogen) atoms. The average molecular weight is 346 g/mol. The van der Waals surface area contributed by atoms with Gasteiger partial charge in [-0.05, 0) is 43.5 Å². The molecule has 0 bridgehead atoms. The van der Waals surface area contributed by atoms with Crippen molar-refractivity contribution in [3.05, 3.63) is 57.9 Å². The fraction of sp³-hybridized carbons (Fsp3) is 0.278. The van der Waals surface area contributed by atoms with Crippen LogP contribution < -0.4 is 10.6 Å². The number of aryl methyl sites for hydroxylation is 2. The number of halogens is 1. The monoisotopic (exact) mass is 345 g/mol. The van der Waals surface area contributed by atoms with E-state index in [2.05, 4.69) is 15.6 Å². The summed E-state index contributed by atoms with van der Waals surface area (Å²) >= 11 is 6.21. The van der Waals surface area contributed by atoms with Crippen molar-refractivity contribution in [3.63, 3.8) is 0 Å². The fourth-order valence-corrected chi connectivity index (χ4v) is 2.66. The molecule has 2 aromatic rings. The summed E-state index contributed by atoms with van der Waals surface area (Å²) in [6.07, 6.45) is 3.69. The number of amides is 2. The SMILES string of the molecule is CCCNC(=O)c1cncc(C(=O)Nc2c(C)cc(C)cc2Cl)c1. The van der Waals surface area contributed by atoms with E-state index in [-0.39, 0.29) is 11.8 Å². The third kappa shape index (κ3) is 4.32. The van der Waals surface area contributed by atoms with E-state index in [1.54, 1.807) is 6.07 Å². The number of rotatable bonds is 5. The topological polar surface area (TPSA) is 71.1 Å². The molecule has 0 atom stereocenters. The van der Waals surface area contributed by atoms with Crippen LogP contribution in [0.4, 0.5) is 5.69 Å². The molecule has 5 nitrogen and oxygen atoms in total. The Hall–Kier alpha value is -2.40. The summed E-state index contributed by atoms with van der Waals surface area (Å²) in [5.74, 6) is -0.606. The molecule has 2 N–H and O–H groups in total. The summed E-state index contributed by atoms with van der Waals surface area (Å²) < 4.78 is 0. The third-order valence-corrected chi connectivity index (χ3v) is 3.77. The first-order valence-corrected chi connectivity index (χ1v) is 8.11. The Labute approximate surface area is 146 Å². The van der Waals surface area contributed by atoms with Crippen LogP contribution >= 0.6 is 11.6 Å². The number of benzene rings is 1. The molecule has 0 aliphatic heterocycles. The normalized spacial score (nSPS) is 10.3. The first-order chi connectivity index (χ1) is 11.4. The second-order valence-electron chi connectivity index (χ2n) is 5.61. The molecule has 6 heteroatoms. The zero-order valence-corrected chi connectivity index (χ0v) is 14.7. The Balaban J connectivity index is 2.20. The summed E-state index contributed by atoms with van der Waals surface area (Å²) in [7, 11) is 0. The van der Waals surface area contributed by atoms with Crippen molar-refractivity contribution in [1.82, 2.24) is 10.3 Å². The minimum absolute atomic E-state index is 0.247. The van der Waals surface area contributed by atoms with Gasteiger partial charge in [0.05, 0.1) is 21.8 Å². The number of carbonyl (C=O) groups is 2. The molecule has 1 aromatic carbocycles. The van der Waals surface area contributed by atoms with Crippen LogP contribution in [0.15, 0.2) is 30.6 Å². The summed E-state index contributed by atoms with van der Waals surface area (Å²) in [4.78, 5) is 28.4. The lowest BCUT2D eigenvalue weighted by molar-refractivity contribution is 0.0953. The molecule has 0 spiro atoms. The maximum atomic E-state index is 12.5. The Bertz CT molecular complexity index is 752. The lowest BCUT2D eigenvalue weighted by Crippen LogP contribution is -2.24. The summed E-state index contributed by atoms with van der Waals surface area (Å²) in [5, 5.41) is 6.02. The Morgan fingerprint density at radius 2 is 1.75 bits per heavy atom. The van der Waals surface area contributed by atoms with E-state index >= 15 is 0 Å². The highest BCUT2D eigenvalue weighted by molar-refractivity contribution is 6.34. The largest absolute Gasteiger partial charge is 0.352 e. The Morgan fingerprint density at radius 1 is 1.08 bits per heavy atom. The van der Waals surface area contributed by atoms with Crippen LogP contribution in [0.3, 0.4) is 0 Å². The molecule has 0 fully saturated rings. The summed E-state index contributed by atoms with van der Waals surface area (Å²) in [6.45, 7) is 6.36. The maximum absolute atomic E-state index is 12.5. The van der Waals surface area contributed by atoms with Gasteiger partial charge in [0.2, 0.25) is 0 Å². The van der Waals surface area contributed by atoms with Gasteiger partial charge in [0.15, 0.2) is 0 Å². The van der Waals surface area contributed by atoms with Crippen LogP contribution in [0.25, 0.3) is 0 Å². The van der Waals surface area contributed by atoms with Crippen LogP contribution in [-0.4, -0.2) is 23.3 Å². The molecule has 0 radical (unpaired) electrons. The van der Waals surface area contributed by atoms with E-state index in [0.717, 1.165) is 17.5 Å². The van der Waals surface area contributed by atoms with Crippen molar-refractivity contribution in [2.24, 2.45) is 0 Å². The molecule has 0 aliphatic rings. The van der Waals surface area contributed by atoms with Crippen LogP contribution in [0.5, 0.6) is 0 Å². The van der Waals surface area contributed by atoms with Crippen molar-refractivity contribution < 1.29 is 9.59 Å². The lowest BCUT2D eigenvalue weighted by Gasteiger charge is -2.12. The van der Waals surface area contributed by atoms with E-state index in [1.807, 2.05) is 26.8 Å². The van der Waals surface area contributed by atoms with Gasteiger partial charge < -0.3 is 10.6 Å². The van der Waals surface area contributed by atoms with E-state index < -0.39 is 0 Å². The fourth-order valence-electron chi connectivity index (χ4n) is 2.29. The highest BCUT2D eigenvalue weighted by Crippen LogP contribution is 2.27. The van der Waals surface area contributed by atoms with Gasteiger partial charge in [0.25, 0.3) is 11.8 Å². The van der Waals surface area contributed by atoms with Crippen LogP contribution in [-0.2, 0) is 0 Å². The van der Waals surface area contributed by atoms with Crippen molar-refractivity contribution in [2.75, 3.05) is 11.9 Å². The van der Waals surface area contributed by atoms with E-state index in [9.17, 15) is 9.59 Å². The quantitative estimate of drug-likeness (QED) is 0.867. The number of anilines is 1. The molecular formula is C18H20ClN3O2. The van der Waals surface area contributed by atoms with Crippen molar-refractivity contribution in [2.45, 2.75) is 27.2 Å². The van der Waals surface area contributed by atoms with Gasteiger partial charge in [-0.25, -0.2) is 0 Å². The zero-order valence-electron chi connectivity index (χ0n) is 13.9. The average Bonchev–Trinajstić information content (AvgIpc) is 2.55. The molecule has 0 saturated carbocycles. The molecule has 126 valence electrons. The number of nitrogens with one attached hydrogen (secondary N) is 2. The minimum atomic E-state index is -0.360. The van der Waals surface area contributed by atoms with Crippen molar-refractivity contribution in [1.29, 1.82) is 0 Å². The molecule has 0 aliphatic carbocycles. The lowest BCUT2D eigenvalue weighted by atomic mass is 10.1. The number of hydrogen-bond donors (Lipinski definition) is 2. The smallest absolute Gasteiger partial charge is 0.257 e. The van der Waals surface area contributed by atoms with E-state index in [4.69, 9.17) is 11.6 Å². The highest BCUT2D eigenvalue weighted by Gasteiger charge is 2.14. The maximum Gasteiger partial charge on any atom is 0.257 e. The molecular weight excluding hydrogens is 326 g/mol. The van der Waals surface area contributed by atoms with Crippen LogP contribution in [0.2, 0.25) is 5.02 Å². The second kappa shape index (κ2) is 7.93. The van der Waals surface area contributed by atoms with Gasteiger partial charge in [-0.3, -0.25) is 14.6 Å². The predicted octanol–water partition coefficient (Wildman–Crippen LogP) is 3.74. The van der Waals surface area contributed by atoms with Crippen molar-refractivity contribution >= 4 is 29.1 Å². The molecule has 1 aromatic heterocycles. The minimum Gasteiger partial charge on any atom is -0.352 e. The zero-order chi connectivity index (χ0) is 17.7. The standard InChI is InChI=1S/C18H20ClN3O2/c1-4-5-21-17(23)13-8-14(10-20-9-13)18(24)22-16-12(3)6-11(2)7-15(16)19/h6-10H,4-5H2,1-3H3,(H,21,23)(H,22,24). The molecule has 0 unspecified atom stereocenters. The first-order valence-electron chi connectivity index (χ1n) is 7.73. The molecule has 2 amide bonds. The van der Waals surface area contributed by atoms with Gasteiger partial charge in [0, 0.05) is 18.9 Å². The number of carbonyl (C=O) groups excluding carboxylic acids is 2. The van der Waals surface area contributed by atoms with Gasteiger partial charge in [-0.15, -0.1) is 0 Å². The van der Waals surface area contributed by atoms with E-state index in [1.165, 1.54) is 18.5 Å². The third-order valence-electron chi connectivity index (χ3n) is 3.47. The number of nitrogens with zero attached hydrogens (tertiary/aromatic N) is 1. The molecule has 1 heterocycles.